The highest BCUT2D eigenvalue weighted by Gasteiger charge is 2.28. The van der Waals surface area contributed by atoms with Gasteiger partial charge >= 0.3 is 0 Å². The molecule has 7 nitrogen and oxygen atoms in total. The number of aryl methyl sites for hydroxylation is 1. The van der Waals surface area contributed by atoms with Crippen LogP contribution in [-0.2, 0) is 12.8 Å². The minimum absolute atomic E-state index is 0.603. The summed E-state index contributed by atoms with van der Waals surface area (Å²) in [6.07, 6.45) is 19.5. The second-order valence-electron chi connectivity index (χ2n) is 19.6. The van der Waals surface area contributed by atoms with Gasteiger partial charge in [0, 0.05) is 65.8 Å². The van der Waals surface area contributed by atoms with E-state index in [4.69, 9.17) is 23.8 Å². The van der Waals surface area contributed by atoms with Gasteiger partial charge in [-0.2, -0.15) is 0 Å². The molecule has 5 aromatic heterocycles. The Balaban J connectivity index is 0.982. The van der Waals surface area contributed by atoms with Gasteiger partial charge < -0.3 is 18.0 Å². The average molecular weight is 926 g/mol. The van der Waals surface area contributed by atoms with E-state index in [2.05, 4.69) is 179 Å². The van der Waals surface area contributed by atoms with E-state index in [0.717, 1.165) is 121 Å². The lowest BCUT2D eigenvalue weighted by atomic mass is 9.94. The highest BCUT2D eigenvalue weighted by Crippen LogP contribution is 2.45. The average Bonchev–Trinajstić information content (AvgIpc) is 4.20. The SMILES string of the molecule is C1=CC(n2c3c(c4ccccc42)CCC(c2nc(-c4ccc5oc6ccccc6c5c4)nc(-c4cc(-n5c6c(c7cc8ccccc8cc75)C=CCC6)c5oc6c7ccccc7ccc6c5c4)n2)=C3)=CCC1. The standard InChI is InChI=1S/C65H43N5O2/c1-2-17-44(18-3-1)69-54-23-11-8-20-46(54)48-29-27-42(36-56(48)69)64-66-63(41-28-31-60-52(33-41)49-22-10-13-25-59(49)71-60)67-65(68-64)43-34-53-50-30-26-38-14-6-7-19-45(38)61(50)72-62(53)58(37-43)70-55-24-12-9-21-47(55)51-32-39-15-4-5-16-40(39)35-57(51)70/h2,4-11,13-23,25-26,28,30-37H,1,3,12,24,27,29H2. The van der Waals surface area contributed by atoms with Crippen molar-refractivity contribution in [2.75, 3.05) is 0 Å². The van der Waals surface area contributed by atoms with Crippen molar-refractivity contribution in [2.45, 2.75) is 38.5 Å². The van der Waals surface area contributed by atoms with Crippen LogP contribution < -0.4 is 0 Å². The first kappa shape index (κ1) is 39.7. The van der Waals surface area contributed by atoms with E-state index in [1.807, 2.05) is 18.2 Å². The topological polar surface area (TPSA) is 74.8 Å². The molecule has 7 heteroatoms. The summed E-state index contributed by atoms with van der Waals surface area (Å²) >= 11 is 0. The zero-order chi connectivity index (χ0) is 47.0. The van der Waals surface area contributed by atoms with Crippen LogP contribution in [0.25, 0.3) is 139 Å². The van der Waals surface area contributed by atoms with Crippen molar-refractivity contribution in [3.63, 3.8) is 0 Å². The van der Waals surface area contributed by atoms with Crippen molar-refractivity contribution in [3.8, 4) is 28.5 Å². The number of hydrogen-bond acceptors (Lipinski definition) is 5. The molecule has 0 spiro atoms. The van der Waals surface area contributed by atoms with Gasteiger partial charge in [0.05, 0.1) is 22.4 Å². The third-order valence-corrected chi connectivity index (χ3v) is 15.5. The Bertz CT molecular complexity index is 4640. The highest BCUT2D eigenvalue weighted by molar-refractivity contribution is 6.17. The maximum Gasteiger partial charge on any atom is 0.164 e. The molecule has 72 heavy (non-hydrogen) atoms. The predicted octanol–water partition coefficient (Wildman–Crippen LogP) is 16.8. The van der Waals surface area contributed by atoms with Crippen LogP contribution in [0.1, 0.15) is 54.0 Å². The van der Waals surface area contributed by atoms with Gasteiger partial charge in [0.1, 0.15) is 16.7 Å². The molecule has 0 bridgehead atoms. The monoisotopic (exact) mass is 925 g/mol. The predicted molar refractivity (Wildman–Crippen MR) is 295 cm³/mol. The van der Waals surface area contributed by atoms with Gasteiger partial charge in [-0.3, -0.25) is 0 Å². The number of benzene rings is 8. The Labute approximate surface area is 413 Å². The Hall–Kier alpha value is -9.07. The highest BCUT2D eigenvalue weighted by atomic mass is 16.3. The van der Waals surface area contributed by atoms with Gasteiger partial charge in [0.2, 0.25) is 0 Å². The molecule has 0 amide bonds. The van der Waals surface area contributed by atoms with E-state index in [1.54, 1.807) is 0 Å². The molecule has 3 aliphatic carbocycles. The second kappa shape index (κ2) is 15.2. The van der Waals surface area contributed by atoms with E-state index >= 15 is 0 Å². The molecule has 0 saturated carbocycles. The second-order valence-corrected chi connectivity index (χ2v) is 19.6. The Kier molecular flexibility index (Phi) is 8.40. The van der Waals surface area contributed by atoms with Gasteiger partial charge in [-0.25, -0.2) is 15.0 Å². The van der Waals surface area contributed by atoms with Crippen LogP contribution in [0.3, 0.4) is 0 Å². The minimum atomic E-state index is 0.603. The molecule has 0 saturated heterocycles. The number of fused-ring (bicyclic) bond motifs is 15. The van der Waals surface area contributed by atoms with Crippen molar-refractivity contribution in [1.29, 1.82) is 0 Å². The van der Waals surface area contributed by atoms with Crippen LogP contribution in [0.2, 0.25) is 0 Å². The molecule has 340 valence electrons. The molecule has 0 atom stereocenters. The largest absolute Gasteiger partial charge is 0.456 e. The van der Waals surface area contributed by atoms with Crippen LogP contribution in [0.4, 0.5) is 0 Å². The fourth-order valence-electron chi connectivity index (χ4n) is 12.2. The minimum Gasteiger partial charge on any atom is -0.456 e. The molecule has 8 aromatic carbocycles. The van der Waals surface area contributed by atoms with E-state index in [9.17, 15) is 0 Å². The molecule has 0 aliphatic heterocycles. The summed E-state index contributed by atoms with van der Waals surface area (Å²) in [6, 6.07) is 54.2. The molecule has 0 N–H and O–H groups in total. The summed E-state index contributed by atoms with van der Waals surface area (Å²) in [6.45, 7) is 0. The summed E-state index contributed by atoms with van der Waals surface area (Å²) in [5, 5.41) is 11.3. The number of para-hydroxylation sites is 2. The Morgan fingerprint density at radius 2 is 1.19 bits per heavy atom. The number of furan rings is 2. The number of hydrogen-bond donors (Lipinski definition) is 0. The summed E-state index contributed by atoms with van der Waals surface area (Å²) in [5.41, 5.74) is 15.9. The Morgan fingerprint density at radius 1 is 0.444 bits per heavy atom. The molecular weight excluding hydrogens is 883 g/mol. The van der Waals surface area contributed by atoms with Gasteiger partial charge in [-0.05, 0) is 139 Å². The molecular formula is C65H43N5O2. The number of nitrogens with zero attached hydrogens (tertiary/aromatic N) is 5. The molecule has 0 fully saturated rings. The first-order chi connectivity index (χ1) is 35.7. The number of allylic oxidation sites excluding steroid dienone is 6. The summed E-state index contributed by atoms with van der Waals surface area (Å²) in [4.78, 5) is 16.5. The fourth-order valence-corrected chi connectivity index (χ4v) is 12.2. The van der Waals surface area contributed by atoms with Crippen molar-refractivity contribution in [2.24, 2.45) is 0 Å². The Morgan fingerprint density at radius 3 is 2.08 bits per heavy atom. The lowest BCUT2D eigenvalue weighted by molar-refractivity contribution is 0.668. The van der Waals surface area contributed by atoms with Gasteiger partial charge in [-0.1, -0.05) is 115 Å². The van der Waals surface area contributed by atoms with Crippen molar-refractivity contribution in [1.82, 2.24) is 24.1 Å². The summed E-state index contributed by atoms with van der Waals surface area (Å²) in [7, 11) is 0. The first-order valence-electron chi connectivity index (χ1n) is 25.2. The summed E-state index contributed by atoms with van der Waals surface area (Å²) in [5.74, 6) is 1.89. The lowest BCUT2D eigenvalue weighted by Crippen LogP contribution is -2.08. The normalized spacial score (nSPS) is 14.7. The zero-order valence-electron chi connectivity index (χ0n) is 39.2. The van der Waals surface area contributed by atoms with E-state index in [0.29, 0.717) is 17.5 Å². The lowest BCUT2D eigenvalue weighted by Gasteiger charge is -2.19. The third kappa shape index (κ3) is 5.88. The van der Waals surface area contributed by atoms with Crippen molar-refractivity contribution >= 4 is 111 Å². The van der Waals surface area contributed by atoms with E-state index in [1.165, 1.54) is 55.3 Å². The van der Waals surface area contributed by atoms with Crippen LogP contribution in [-0.4, -0.2) is 24.1 Å². The van der Waals surface area contributed by atoms with Crippen LogP contribution in [0.5, 0.6) is 0 Å². The number of aromatic nitrogens is 5. The zero-order valence-corrected chi connectivity index (χ0v) is 39.2. The van der Waals surface area contributed by atoms with Crippen LogP contribution in [0.15, 0.2) is 185 Å². The smallest absolute Gasteiger partial charge is 0.164 e. The van der Waals surface area contributed by atoms with Crippen molar-refractivity contribution in [3.05, 3.63) is 204 Å². The quantitative estimate of drug-likeness (QED) is 0.172. The fraction of sp³-hybridized carbons (Fsp3) is 0.0923. The maximum absolute atomic E-state index is 7.22. The molecule has 5 heterocycles. The molecule has 0 unspecified atom stereocenters. The van der Waals surface area contributed by atoms with E-state index in [-0.39, 0.29) is 0 Å². The van der Waals surface area contributed by atoms with E-state index < -0.39 is 0 Å². The van der Waals surface area contributed by atoms with Crippen molar-refractivity contribution < 1.29 is 8.83 Å². The first-order valence-corrected chi connectivity index (χ1v) is 25.2. The maximum atomic E-state index is 7.22. The van der Waals surface area contributed by atoms with Gasteiger partial charge in [-0.15, -0.1) is 0 Å². The molecule has 16 rings (SSSR count). The third-order valence-electron chi connectivity index (χ3n) is 15.5. The van der Waals surface area contributed by atoms with Gasteiger partial charge in [0.25, 0.3) is 0 Å². The molecule has 13 aromatic rings. The molecule has 3 aliphatic rings. The van der Waals surface area contributed by atoms with Crippen LogP contribution in [0, 0.1) is 0 Å². The van der Waals surface area contributed by atoms with Gasteiger partial charge in [0.15, 0.2) is 23.1 Å². The van der Waals surface area contributed by atoms with Crippen LogP contribution >= 0.6 is 0 Å². The number of rotatable bonds is 5. The summed E-state index contributed by atoms with van der Waals surface area (Å²) < 4.78 is 18.4. The molecule has 0 radical (unpaired) electrons.